The number of azo groups is 2. The molecule has 0 aliphatic heterocycles. The molecule has 0 aliphatic carbocycles. The molecule has 0 heterocycles. The number of benzene rings is 4. The SMILES string of the molecule is CCCCN(C)c1ccc(/N=N/c2ccc(NCCNc3ccc(/N=N/c4ccc(N(C)CCCC)cc4O)cc3)cc2)c(O)c1. The van der Waals surface area contributed by atoms with Crippen molar-refractivity contribution in [3.05, 3.63) is 84.9 Å². The van der Waals surface area contributed by atoms with E-state index >= 15 is 0 Å². The number of phenols is 2. The van der Waals surface area contributed by atoms with Crippen molar-refractivity contribution < 1.29 is 10.2 Å². The van der Waals surface area contributed by atoms with E-state index in [2.05, 4.69) is 54.7 Å². The lowest BCUT2D eigenvalue weighted by Crippen LogP contribution is -2.17. The van der Waals surface area contributed by atoms with Crippen LogP contribution in [0.5, 0.6) is 11.5 Å². The minimum Gasteiger partial charge on any atom is -0.506 e. The van der Waals surface area contributed by atoms with Gasteiger partial charge in [-0.3, -0.25) is 0 Å². The van der Waals surface area contributed by atoms with Crippen LogP contribution in [0.3, 0.4) is 0 Å². The summed E-state index contributed by atoms with van der Waals surface area (Å²) >= 11 is 0. The molecule has 242 valence electrons. The second kappa shape index (κ2) is 17.4. The highest BCUT2D eigenvalue weighted by molar-refractivity contribution is 5.62. The highest BCUT2D eigenvalue weighted by Crippen LogP contribution is 2.33. The first-order valence-electron chi connectivity index (χ1n) is 16.0. The average Bonchev–Trinajstić information content (AvgIpc) is 3.07. The lowest BCUT2D eigenvalue weighted by Gasteiger charge is -2.19. The lowest BCUT2D eigenvalue weighted by molar-refractivity contribution is 0.476. The largest absolute Gasteiger partial charge is 0.506 e. The van der Waals surface area contributed by atoms with Gasteiger partial charge in [-0.05, 0) is 85.6 Å². The molecule has 4 aromatic rings. The second-order valence-corrected chi connectivity index (χ2v) is 11.2. The Bertz CT molecular complexity index is 1450. The normalized spacial score (nSPS) is 11.3. The van der Waals surface area contributed by atoms with Crippen LogP contribution in [0.2, 0.25) is 0 Å². The minimum atomic E-state index is 0.113. The lowest BCUT2D eigenvalue weighted by atomic mass is 10.2. The van der Waals surface area contributed by atoms with Crippen molar-refractivity contribution in [2.45, 2.75) is 39.5 Å². The van der Waals surface area contributed by atoms with Crippen LogP contribution in [0.15, 0.2) is 105 Å². The molecular formula is C36H46N8O2. The van der Waals surface area contributed by atoms with Crippen LogP contribution >= 0.6 is 0 Å². The van der Waals surface area contributed by atoms with Gasteiger partial charge in [0.1, 0.15) is 22.9 Å². The molecule has 0 spiro atoms. The number of anilines is 4. The third-order valence-corrected chi connectivity index (χ3v) is 7.56. The van der Waals surface area contributed by atoms with Crippen molar-refractivity contribution in [3.63, 3.8) is 0 Å². The van der Waals surface area contributed by atoms with Gasteiger partial charge in [-0.2, -0.15) is 10.2 Å². The van der Waals surface area contributed by atoms with Crippen LogP contribution in [-0.4, -0.2) is 50.5 Å². The number of rotatable bonds is 17. The van der Waals surface area contributed by atoms with Gasteiger partial charge in [0.25, 0.3) is 0 Å². The first kappa shape index (κ1) is 33.8. The van der Waals surface area contributed by atoms with E-state index in [1.807, 2.05) is 74.8 Å². The van der Waals surface area contributed by atoms with Gasteiger partial charge in [0, 0.05) is 75.2 Å². The van der Waals surface area contributed by atoms with Crippen molar-refractivity contribution in [2.24, 2.45) is 20.5 Å². The Morgan fingerprint density at radius 2 is 0.935 bits per heavy atom. The Hall–Kier alpha value is -5.12. The molecule has 0 aliphatic rings. The average molecular weight is 623 g/mol. The fraction of sp³-hybridized carbons (Fsp3) is 0.333. The molecule has 0 amide bonds. The van der Waals surface area contributed by atoms with E-state index in [0.717, 1.165) is 74.6 Å². The summed E-state index contributed by atoms with van der Waals surface area (Å²) in [6.45, 7) is 7.65. The molecule has 4 aromatic carbocycles. The van der Waals surface area contributed by atoms with Crippen LogP contribution in [0, 0.1) is 0 Å². The Morgan fingerprint density at radius 3 is 1.28 bits per heavy atom. The molecule has 10 nitrogen and oxygen atoms in total. The first-order valence-corrected chi connectivity index (χ1v) is 16.0. The van der Waals surface area contributed by atoms with E-state index in [4.69, 9.17) is 0 Å². The number of unbranched alkanes of at least 4 members (excludes halogenated alkanes) is 2. The van der Waals surface area contributed by atoms with Gasteiger partial charge in [-0.1, -0.05) is 26.7 Å². The molecule has 4 N–H and O–H groups in total. The summed E-state index contributed by atoms with van der Waals surface area (Å²) in [5, 5.41) is 44.6. The molecule has 0 fully saturated rings. The van der Waals surface area contributed by atoms with Crippen molar-refractivity contribution in [2.75, 3.05) is 60.7 Å². The number of phenolic OH excluding ortho intramolecular Hbond substituents is 2. The van der Waals surface area contributed by atoms with Crippen LogP contribution in [0.1, 0.15) is 39.5 Å². The third-order valence-electron chi connectivity index (χ3n) is 7.56. The Kier molecular flexibility index (Phi) is 12.8. The smallest absolute Gasteiger partial charge is 0.145 e. The number of hydrogen-bond donors (Lipinski definition) is 4. The topological polar surface area (TPSA) is 120 Å². The predicted molar refractivity (Wildman–Crippen MR) is 191 cm³/mol. The van der Waals surface area contributed by atoms with Crippen LogP contribution in [0.25, 0.3) is 0 Å². The summed E-state index contributed by atoms with van der Waals surface area (Å²) in [6, 6.07) is 26.3. The highest BCUT2D eigenvalue weighted by Gasteiger charge is 2.07. The van der Waals surface area contributed by atoms with Crippen LogP contribution < -0.4 is 20.4 Å². The van der Waals surface area contributed by atoms with Gasteiger partial charge in [0.15, 0.2) is 0 Å². The van der Waals surface area contributed by atoms with Gasteiger partial charge in [-0.15, -0.1) is 10.2 Å². The van der Waals surface area contributed by atoms with E-state index in [0.29, 0.717) is 22.7 Å². The van der Waals surface area contributed by atoms with Crippen LogP contribution in [-0.2, 0) is 0 Å². The monoisotopic (exact) mass is 622 g/mol. The Morgan fingerprint density at radius 1 is 0.543 bits per heavy atom. The van der Waals surface area contributed by atoms with E-state index < -0.39 is 0 Å². The molecule has 4 rings (SSSR count). The number of hydrogen-bond acceptors (Lipinski definition) is 10. The molecule has 0 saturated carbocycles. The predicted octanol–water partition coefficient (Wildman–Crippen LogP) is 9.93. The molecule has 0 atom stereocenters. The summed E-state index contributed by atoms with van der Waals surface area (Å²) in [6.07, 6.45) is 4.45. The number of nitrogens with zero attached hydrogens (tertiary/aromatic N) is 6. The first-order chi connectivity index (χ1) is 22.4. The van der Waals surface area contributed by atoms with E-state index in [9.17, 15) is 10.2 Å². The summed E-state index contributed by atoms with van der Waals surface area (Å²) in [7, 11) is 4.04. The molecular weight excluding hydrogens is 576 g/mol. The summed E-state index contributed by atoms with van der Waals surface area (Å²) in [5.74, 6) is 0.225. The zero-order valence-electron chi connectivity index (χ0n) is 27.3. The fourth-order valence-corrected chi connectivity index (χ4v) is 4.65. The minimum absolute atomic E-state index is 0.113. The number of nitrogens with one attached hydrogen (secondary N) is 2. The van der Waals surface area contributed by atoms with Gasteiger partial charge >= 0.3 is 0 Å². The van der Waals surface area contributed by atoms with Gasteiger partial charge in [0.05, 0.1) is 11.4 Å². The second-order valence-electron chi connectivity index (χ2n) is 11.2. The van der Waals surface area contributed by atoms with E-state index in [-0.39, 0.29) is 11.5 Å². The molecule has 0 aromatic heterocycles. The van der Waals surface area contributed by atoms with Crippen molar-refractivity contribution in [3.8, 4) is 11.5 Å². The maximum Gasteiger partial charge on any atom is 0.145 e. The molecule has 0 bridgehead atoms. The maximum atomic E-state index is 10.4. The highest BCUT2D eigenvalue weighted by atomic mass is 16.3. The molecule has 0 unspecified atom stereocenters. The summed E-state index contributed by atoms with van der Waals surface area (Å²) in [5.41, 5.74) is 6.14. The Balaban J connectivity index is 1.20. The van der Waals surface area contributed by atoms with E-state index in [1.165, 1.54) is 0 Å². The molecule has 0 radical (unpaired) electrons. The third kappa shape index (κ3) is 10.2. The maximum absolute atomic E-state index is 10.4. The Labute approximate surface area is 272 Å². The van der Waals surface area contributed by atoms with Gasteiger partial charge in [0.2, 0.25) is 0 Å². The van der Waals surface area contributed by atoms with Crippen molar-refractivity contribution in [1.29, 1.82) is 0 Å². The zero-order valence-corrected chi connectivity index (χ0v) is 27.3. The van der Waals surface area contributed by atoms with E-state index in [1.54, 1.807) is 24.3 Å². The van der Waals surface area contributed by atoms with Crippen molar-refractivity contribution in [1.82, 2.24) is 0 Å². The standard InChI is InChI=1S/C36H46N8O2/c1-5-7-23-43(3)31-17-19-33(35(45)25-31)41-39-29-13-9-27(10-14-29)37-21-22-38-28-11-15-30(16-12-28)40-42-34-20-18-32(26-36(34)46)44(4)24-8-6-2/h9-20,25-26,37-38,45-46H,5-8,21-24H2,1-4H3/b41-39+,42-40+. The van der Waals surface area contributed by atoms with Gasteiger partial charge in [-0.25, -0.2) is 0 Å². The molecule has 10 heteroatoms. The quantitative estimate of drug-likeness (QED) is 0.0687. The summed E-state index contributed by atoms with van der Waals surface area (Å²) in [4.78, 5) is 4.25. The molecule has 46 heavy (non-hydrogen) atoms. The molecule has 0 saturated heterocycles. The van der Waals surface area contributed by atoms with Crippen molar-refractivity contribution >= 4 is 45.5 Å². The fourth-order valence-electron chi connectivity index (χ4n) is 4.65. The number of aromatic hydroxyl groups is 2. The summed E-state index contributed by atoms with van der Waals surface area (Å²) < 4.78 is 0. The zero-order chi connectivity index (χ0) is 32.7. The van der Waals surface area contributed by atoms with Gasteiger partial charge < -0.3 is 30.6 Å². The van der Waals surface area contributed by atoms with Crippen LogP contribution in [0.4, 0.5) is 45.5 Å².